The zero-order valence-electron chi connectivity index (χ0n) is 19.4. The second-order valence-corrected chi connectivity index (χ2v) is 8.81. The van der Waals surface area contributed by atoms with E-state index in [-0.39, 0.29) is 54.5 Å². The SMILES string of the molecule is Cc1nc(CC(=O)NC2(C(F)F)CC2)c(C2OCCO2)c(NC(C)c2cccc(C(F)(F)F)c2F)n1. The summed E-state index contributed by atoms with van der Waals surface area (Å²) in [5, 5.41) is 5.25. The summed E-state index contributed by atoms with van der Waals surface area (Å²) < 4.78 is 91.9. The lowest BCUT2D eigenvalue weighted by atomic mass is 10.0. The summed E-state index contributed by atoms with van der Waals surface area (Å²) in [7, 11) is 0. The molecule has 2 aliphatic rings. The lowest BCUT2D eigenvalue weighted by Gasteiger charge is -2.23. The number of rotatable bonds is 8. The third-order valence-corrected chi connectivity index (χ3v) is 6.07. The molecule has 36 heavy (non-hydrogen) atoms. The molecule has 4 rings (SSSR count). The van der Waals surface area contributed by atoms with Crippen molar-refractivity contribution in [3.05, 3.63) is 52.2 Å². The summed E-state index contributed by atoms with van der Waals surface area (Å²) in [6.45, 7) is 3.40. The first kappa shape index (κ1) is 26.1. The van der Waals surface area contributed by atoms with Crippen molar-refractivity contribution in [1.29, 1.82) is 0 Å². The Hall–Kier alpha value is -2.93. The smallest absolute Gasteiger partial charge is 0.363 e. The molecule has 7 nitrogen and oxygen atoms in total. The molecule has 1 aliphatic heterocycles. The fourth-order valence-electron chi connectivity index (χ4n) is 4.05. The van der Waals surface area contributed by atoms with Gasteiger partial charge in [-0.2, -0.15) is 13.2 Å². The molecule has 1 saturated heterocycles. The van der Waals surface area contributed by atoms with Crippen LogP contribution in [0.15, 0.2) is 18.2 Å². The maximum atomic E-state index is 14.7. The van der Waals surface area contributed by atoms with E-state index >= 15 is 0 Å². The molecule has 1 aromatic carbocycles. The largest absolute Gasteiger partial charge is 0.419 e. The molecule has 1 aliphatic carbocycles. The highest BCUT2D eigenvalue weighted by Crippen LogP contribution is 2.41. The van der Waals surface area contributed by atoms with Crippen molar-refractivity contribution in [2.24, 2.45) is 0 Å². The molecule has 2 heterocycles. The minimum Gasteiger partial charge on any atom is -0.363 e. The van der Waals surface area contributed by atoms with E-state index in [0.29, 0.717) is 6.07 Å². The standard InChI is InChI=1S/C23H24F6N4O3/c1-11(13-4-3-5-14(18(13)24)23(27,28)29)30-19-17(20-35-8-9-36-20)15(31-12(2)32-19)10-16(34)33-22(6-7-22)21(25)26/h3-5,11,20-21H,6-10H2,1-2H3,(H,33,34)(H,30,31,32). The Bertz CT molecular complexity index is 1130. The summed E-state index contributed by atoms with van der Waals surface area (Å²) in [5.74, 6) is -1.86. The van der Waals surface area contributed by atoms with E-state index in [1.165, 1.54) is 19.9 Å². The van der Waals surface area contributed by atoms with Gasteiger partial charge in [-0.3, -0.25) is 4.79 Å². The number of aromatic nitrogens is 2. The molecule has 1 saturated carbocycles. The van der Waals surface area contributed by atoms with Gasteiger partial charge in [0, 0.05) is 5.56 Å². The minimum atomic E-state index is -4.88. The van der Waals surface area contributed by atoms with Crippen molar-refractivity contribution < 1.29 is 40.6 Å². The number of aryl methyl sites for hydroxylation is 1. The van der Waals surface area contributed by atoms with E-state index in [1.807, 2.05) is 0 Å². The van der Waals surface area contributed by atoms with Crippen LogP contribution in [0, 0.1) is 12.7 Å². The molecule has 196 valence electrons. The Balaban J connectivity index is 1.66. The first-order valence-corrected chi connectivity index (χ1v) is 11.2. The second kappa shape index (κ2) is 9.85. The molecule has 0 bridgehead atoms. The Morgan fingerprint density at radius 3 is 2.44 bits per heavy atom. The zero-order valence-corrected chi connectivity index (χ0v) is 19.4. The molecule has 1 unspecified atom stereocenters. The van der Waals surface area contributed by atoms with Gasteiger partial charge in [0.15, 0.2) is 6.29 Å². The molecular weight excluding hydrogens is 494 g/mol. The van der Waals surface area contributed by atoms with Gasteiger partial charge in [0.1, 0.15) is 23.0 Å². The highest BCUT2D eigenvalue weighted by atomic mass is 19.4. The van der Waals surface area contributed by atoms with Crippen LogP contribution in [0.25, 0.3) is 0 Å². The minimum absolute atomic E-state index is 0.0662. The molecule has 1 aromatic heterocycles. The third kappa shape index (κ3) is 5.41. The van der Waals surface area contributed by atoms with Gasteiger partial charge in [0.2, 0.25) is 5.91 Å². The first-order valence-electron chi connectivity index (χ1n) is 11.2. The zero-order chi connectivity index (χ0) is 26.3. The van der Waals surface area contributed by atoms with Gasteiger partial charge in [0.25, 0.3) is 6.43 Å². The summed E-state index contributed by atoms with van der Waals surface area (Å²) in [6, 6.07) is 1.97. The van der Waals surface area contributed by atoms with Crippen LogP contribution in [0.4, 0.5) is 32.2 Å². The molecule has 1 atom stereocenters. The van der Waals surface area contributed by atoms with Crippen molar-refractivity contribution in [2.75, 3.05) is 18.5 Å². The van der Waals surface area contributed by atoms with Gasteiger partial charge < -0.3 is 20.1 Å². The van der Waals surface area contributed by atoms with Gasteiger partial charge in [-0.05, 0) is 32.8 Å². The van der Waals surface area contributed by atoms with E-state index in [1.54, 1.807) is 0 Å². The first-order chi connectivity index (χ1) is 16.9. The fourth-order valence-corrected chi connectivity index (χ4v) is 4.05. The average Bonchev–Trinajstić information content (AvgIpc) is 3.35. The van der Waals surface area contributed by atoms with E-state index in [4.69, 9.17) is 9.47 Å². The van der Waals surface area contributed by atoms with Crippen molar-refractivity contribution in [3.8, 4) is 0 Å². The van der Waals surface area contributed by atoms with Crippen LogP contribution in [0.2, 0.25) is 0 Å². The van der Waals surface area contributed by atoms with Gasteiger partial charge in [-0.25, -0.2) is 23.1 Å². The lowest BCUT2D eigenvalue weighted by Crippen LogP contribution is -2.43. The fraction of sp³-hybridized carbons (Fsp3) is 0.522. The van der Waals surface area contributed by atoms with E-state index < -0.39 is 54.2 Å². The number of halogens is 6. The number of nitrogens with one attached hydrogen (secondary N) is 2. The van der Waals surface area contributed by atoms with Gasteiger partial charge in [-0.1, -0.05) is 12.1 Å². The van der Waals surface area contributed by atoms with Gasteiger partial charge in [0.05, 0.1) is 42.5 Å². The van der Waals surface area contributed by atoms with Crippen molar-refractivity contribution in [1.82, 2.24) is 15.3 Å². The van der Waals surface area contributed by atoms with E-state index in [9.17, 15) is 31.1 Å². The number of carbonyl (C=O) groups is 1. The van der Waals surface area contributed by atoms with Crippen LogP contribution in [0.3, 0.4) is 0 Å². The maximum absolute atomic E-state index is 14.7. The molecule has 0 radical (unpaired) electrons. The quantitative estimate of drug-likeness (QED) is 0.497. The van der Waals surface area contributed by atoms with Crippen molar-refractivity contribution >= 4 is 11.7 Å². The predicted octanol–water partition coefficient (Wildman–Crippen LogP) is 4.62. The van der Waals surface area contributed by atoms with Crippen molar-refractivity contribution in [3.63, 3.8) is 0 Å². The molecule has 1 amide bonds. The highest BCUT2D eigenvalue weighted by molar-refractivity contribution is 5.80. The Morgan fingerprint density at radius 2 is 1.86 bits per heavy atom. The van der Waals surface area contributed by atoms with Crippen molar-refractivity contribution in [2.45, 2.75) is 63.6 Å². The Kier molecular flexibility index (Phi) is 7.15. The average molecular weight is 518 g/mol. The van der Waals surface area contributed by atoms with Crippen LogP contribution in [-0.4, -0.2) is 41.1 Å². The molecular formula is C23H24F6N4O3. The van der Waals surface area contributed by atoms with Crippen LogP contribution >= 0.6 is 0 Å². The number of alkyl halides is 5. The number of nitrogens with zero attached hydrogens (tertiary/aromatic N) is 2. The number of hydrogen-bond acceptors (Lipinski definition) is 6. The van der Waals surface area contributed by atoms with E-state index in [2.05, 4.69) is 20.6 Å². The summed E-state index contributed by atoms with van der Waals surface area (Å²) in [5.41, 5.74) is -2.88. The van der Waals surface area contributed by atoms with Crippen LogP contribution in [0.5, 0.6) is 0 Å². The molecule has 13 heteroatoms. The second-order valence-electron chi connectivity index (χ2n) is 8.81. The summed E-state index contributed by atoms with van der Waals surface area (Å²) in [4.78, 5) is 21.2. The summed E-state index contributed by atoms with van der Waals surface area (Å²) in [6.07, 6.45) is -8.67. The Morgan fingerprint density at radius 1 is 1.19 bits per heavy atom. The molecule has 2 fully saturated rings. The molecule has 2 aromatic rings. The normalized spacial score (nSPS) is 18.4. The maximum Gasteiger partial charge on any atom is 0.419 e. The highest BCUT2D eigenvalue weighted by Gasteiger charge is 2.52. The van der Waals surface area contributed by atoms with Gasteiger partial charge >= 0.3 is 6.18 Å². The Labute approximate surface area is 202 Å². The predicted molar refractivity (Wildman–Crippen MR) is 115 cm³/mol. The number of hydrogen-bond donors (Lipinski definition) is 2. The number of ether oxygens (including phenoxy) is 2. The number of amides is 1. The topological polar surface area (TPSA) is 85.4 Å². The number of carbonyl (C=O) groups excluding carboxylic acids is 1. The monoisotopic (exact) mass is 518 g/mol. The number of anilines is 1. The third-order valence-electron chi connectivity index (χ3n) is 6.07. The van der Waals surface area contributed by atoms with Crippen LogP contribution in [0.1, 0.15) is 60.3 Å². The molecule has 0 spiro atoms. The van der Waals surface area contributed by atoms with Crippen LogP contribution in [-0.2, 0) is 26.9 Å². The van der Waals surface area contributed by atoms with Crippen LogP contribution < -0.4 is 10.6 Å². The summed E-state index contributed by atoms with van der Waals surface area (Å²) >= 11 is 0. The number of benzene rings is 1. The molecule has 2 N–H and O–H groups in total. The van der Waals surface area contributed by atoms with E-state index in [0.717, 1.165) is 6.07 Å². The van der Waals surface area contributed by atoms with Gasteiger partial charge in [-0.15, -0.1) is 0 Å². The lowest BCUT2D eigenvalue weighted by molar-refractivity contribution is -0.140.